The zero-order chi connectivity index (χ0) is 47.0. The lowest BCUT2D eigenvalue weighted by molar-refractivity contribution is -0.214. The van der Waals surface area contributed by atoms with Crippen molar-refractivity contribution >= 4 is 23.9 Å². The van der Waals surface area contributed by atoms with E-state index in [0.29, 0.717) is 17.9 Å². The van der Waals surface area contributed by atoms with Crippen molar-refractivity contribution in [2.24, 2.45) is 22.7 Å². The van der Waals surface area contributed by atoms with Gasteiger partial charge in [0.15, 0.2) is 6.04 Å². The van der Waals surface area contributed by atoms with E-state index >= 15 is 4.79 Å². The minimum absolute atomic E-state index is 0.00172. The van der Waals surface area contributed by atoms with Gasteiger partial charge in [0.05, 0.1) is 24.9 Å². The maximum Gasteiger partial charge on any atom is 0.327 e. The Morgan fingerprint density at radius 1 is 0.853 bits per heavy atom. The number of aliphatic hydroxyl groups is 1. The van der Waals surface area contributed by atoms with E-state index in [4.69, 9.17) is 23.8 Å². The summed E-state index contributed by atoms with van der Waals surface area (Å²) in [5, 5.41) is 14.1. The number of amides is 2. The predicted octanol–water partition coefficient (Wildman–Crippen LogP) is 7.13. The lowest BCUT2D eigenvalue weighted by atomic mass is 9.52. The van der Waals surface area contributed by atoms with Gasteiger partial charge in [-0.05, 0) is 73.0 Å². The summed E-state index contributed by atoms with van der Waals surface area (Å²) in [5.74, 6) is -1.72. The molecule has 4 aromatic rings. The van der Waals surface area contributed by atoms with Crippen molar-refractivity contribution in [3.8, 4) is 0 Å². The third-order valence-electron chi connectivity index (χ3n) is 16.7. The topological polar surface area (TPSA) is 139 Å². The Morgan fingerprint density at radius 3 is 2.22 bits per heavy atom. The molecular formula is C56H63N3O9. The first kappa shape index (κ1) is 45.2. The number of aliphatic hydroxyl groups excluding tert-OH is 1. The molecule has 0 aromatic heterocycles. The van der Waals surface area contributed by atoms with Gasteiger partial charge < -0.3 is 34.3 Å². The fraction of sp³-hybridized carbons (Fsp3) is 0.482. The number of esters is 1. The molecule has 3 saturated carbocycles. The van der Waals surface area contributed by atoms with E-state index in [0.717, 1.165) is 53.5 Å². The SMILES string of the molecule is CN(C(=O)C12CC3OC(=O)C1N(Cc1cccc(C=C4CCC5OC5(C)CCC5C4CC5(C)C)c1)OC2C1OC(c2ccccc2)(c2ccccc2)OC31)C(Cc1ccccc1)C(=O)NCCO. The van der Waals surface area contributed by atoms with E-state index in [-0.39, 0.29) is 43.6 Å². The van der Waals surface area contributed by atoms with Crippen LogP contribution in [0.3, 0.4) is 0 Å². The smallest absolute Gasteiger partial charge is 0.327 e. The van der Waals surface area contributed by atoms with Crippen LogP contribution in [0.5, 0.6) is 0 Å². The largest absolute Gasteiger partial charge is 0.458 e. The number of rotatable bonds is 12. The molecule has 11 unspecified atom stereocenters. The van der Waals surface area contributed by atoms with E-state index in [1.807, 2.05) is 103 Å². The third-order valence-corrected chi connectivity index (χ3v) is 16.7. The first-order chi connectivity index (χ1) is 32.8. The number of benzene rings is 4. The molecule has 12 heteroatoms. The normalized spacial score (nSPS) is 33.8. The molecule has 12 nitrogen and oxygen atoms in total. The number of ether oxygens (including phenoxy) is 4. The summed E-state index contributed by atoms with van der Waals surface area (Å²) in [7, 11) is 1.62. The molecule has 2 N–H and O–H groups in total. The molecule has 7 aliphatic rings. The second kappa shape index (κ2) is 17.3. The second-order valence-corrected chi connectivity index (χ2v) is 21.2. The van der Waals surface area contributed by atoms with Crippen LogP contribution in [-0.2, 0) is 56.9 Å². The molecule has 3 aliphatic carbocycles. The first-order valence-corrected chi connectivity index (χ1v) is 24.6. The van der Waals surface area contributed by atoms with Gasteiger partial charge in [0.25, 0.3) is 0 Å². The van der Waals surface area contributed by atoms with Crippen LogP contribution in [0, 0.1) is 22.7 Å². The Bertz CT molecular complexity index is 2530. The number of hydrogen-bond acceptors (Lipinski definition) is 10. The molecule has 4 aliphatic heterocycles. The minimum atomic E-state index is -1.54. The molecule has 4 heterocycles. The van der Waals surface area contributed by atoms with Crippen molar-refractivity contribution in [3.63, 3.8) is 0 Å². The number of carbonyl (C=O) groups is 3. The summed E-state index contributed by atoms with van der Waals surface area (Å²) in [4.78, 5) is 53.4. The van der Waals surface area contributed by atoms with Gasteiger partial charge >= 0.3 is 5.97 Å². The fourth-order valence-corrected chi connectivity index (χ4v) is 13.1. The molecule has 2 bridgehead atoms. The van der Waals surface area contributed by atoms with Crippen molar-refractivity contribution < 1.29 is 43.3 Å². The van der Waals surface area contributed by atoms with Crippen molar-refractivity contribution in [3.05, 3.63) is 149 Å². The molecule has 11 atom stereocenters. The Labute approximate surface area is 398 Å². The van der Waals surface area contributed by atoms with Crippen molar-refractivity contribution in [2.45, 2.75) is 126 Å². The highest BCUT2D eigenvalue weighted by Gasteiger charge is 2.77. The average Bonchev–Trinajstić information content (AvgIpc) is 3.62. The Hall–Kier alpha value is -5.21. The van der Waals surface area contributed by atoms with Crippen LogP contribution < -0.4 is 5.32 Å². The van der Waals surface area contributed by atoms with Crippen LogP contribution in [0.25, 0.3) is 6.08 Å². The Morgan fingerprint density at radius 2 is 1.53 bits per heavy atom. The van der Waals surface area contributed by atoms with E-state index in [2.05, 4.69) is 44.3 Å². The lowest BCUT2D eigenvalue weighted by Crippen LogP contribution is -2.70. The number of allylic oxidation sites excluding steroid dienone is 1. The molecule has 68 heavy (non-hydrogen) atoms. The highest BCUT2D eigenvalue weighted by Crippen LogP contribution is 2.61. The van der Waals surface area contributed by atoms with Crippen LogP contribution in [0.15, 0.2) is 121 Å². The van der Waals surface area contributed by atoms with Crippen LogP contribution in [0.4, 0.5) is 0 Å². The monoisotopic (exact) mass is 921 g/mol. The summed E-state index contributed by atoms with van der Waals surface area (Å²) in [6, 6.07) is 35.1. The molecule has 7 fully saturated rings. The number of fused-ring (bicyclic) bond motifs is 6. The Kier molecular flexibility index (Phi) is 11.5. The van der Waals surface area contributed by atoms with E-state index in [1.165, 1.54) is 16.9 Å². The van der Waals surface area contributed by atoms with Gasteiger partial charge in [-0.1, -0.05) is 141 Å². The first-order valence-electron chi connectivity index (χ1n) is 24.6. The number of likely N-dealkylation sites (N-methyl/N-ethyl adjacent to an activating group) is 1. The summed E-state index contributed by atoms with van der Waals surface area (Å²) in [5.41, 5.74) is 4.54. The van der Waals surface area contributed by atoms with Crippen LogP contribution in [0.1, 0.15) is 87.1 Å². The predicted molar refractivity (Wildman–Crippen MR) is 253 cm³/mol. The summed E-state index contributed by atoms with van der Waals surface area (Å²) in [6.07, 6.45) is 4.87. The fourth-order valence-electron chi connectivity index (χ4n) is 13.1. The summed E-state index contributed by atoms with van der Waals surface area (Å²) >= 11 is 0. The van der Waals surface area contributed by atoms with E-state index in [1.54, 1.807) is 12.1 Å². The van der Waals surface area contributed by atoms with Gasteiger partial charge in [-0.3, -0.25) is 19.2 Å². The van der Waals surface area contributed by atoms with Gasteiger partial charge in [-0.15, -0.1) is 0 Å². The van der Waals surface area contributed by atoms with Gasteiger partial charge in [0.2, 0.25) is 17.6 Å². The minimum Gasteiger partial charge on any atom is -0.458 e. The molecule has 4 saturated heterocycles. The zero-order valence-corrected chi connectivity index (χ0v) is 39.4. The number of nitrogens with one attached hydrogen (secondary N) is 1. The van der Waals surface area contributed by atoms with Crippen LogP contribution >= 0.6 is 0 Å². The Balaban J connectivity index is 0.967. The lowest BCUT2D eigenvalue weighted by Gasteiger charge is -2.53. The highest BCUT2D eigenvalue weighted by molar-refractivity contribution is 5.96. The van der Waals surface area contributed by atoms with Crippen molar-refractivity contribution in [1.29, 1.82) is 0 Å². The summed E-state index contributed by atoms with van der Waals surface area (Å²) < 4.78 is 27.0. The highest BCUT2D eigenvalue weighted by atomic mass is 16.8. The van der Waals surface area contributed by atoms with Gasteiger partial charge in [0.1, 0.15) is 35.9 Å². The summed E-state index contributed by atoms with van der Waals surface area (Å²) in [6.45, 7) is 7.02. The molecule has 2 amide bonds. The molecular weight excluding hydrogens is 859 g/mol. The molecule has 0 spiro atoms. The van der Waals surface area contributed by atoms with Gasteiger partial charge in [-0.25, -0.2) is 0 Å². The quantitative estimate of drug-likeness (QED) is 0.112. The maximum atomic E-state index is 15.9. The molecule has 4 aromatic carbocycles. The number of hydroxylamine groups is 2. The average molecular weight is 922 g/mol. The second-order valence-electron chi connectivity index (χ2n) is 21.2. The van der Waals surface area contributed by atoms with Gasteiger partial charge in [-0.2, -0.15) is 5.06 Å². The van der Waals surface area contributed by atoms with Crippen molar-refractivity contribution in [1.82, 2.24) is 15.3 Å². The van der Waals surface area contributed by atoms with Crippen LogP contribution in [0.2, 0.25) is 0 Å². The number of nitrogens with zero attached hydrogens (tertiary/aromatic N) is 2. The number of carbonyl (C=O) groups excluding carboxylic acids is 3. The third kappa shape index (κ3) is 7.63. The zero-order valence-electron chi connectivity index (χ0n) is 39.4. The van der Waals surface area contributed by atoms with Crippen LogP contribution in [-0.4, -0.2) is 101 Å². The van der Waals surface area contributed by atoms with E-state index < -0.39 is 65.5 Å². The van der Waals surface area contributed by atoms with Crippen molar-refractivity contribution in [2.75, 3.05) is 20.2 Å². The maximum absolute atomic E-state index is 15.9. The number of hydrogen-bond donors (Lipinski definition) is 2. The molecule has 0 radical (unpaired) electrons. The molecule has 11 rings (SSSR count). The van der Waals surface area contributed by atoms with Gasteiger partial charge in [0, 0.05) is 37.6 Å². The standard InChI is InChI=1S/C56H63N3O9/c1-53(2)32-41-38(23-24-45-54(3,65-45)26-25-42(41)53)30-36-17-14-18-37(29-36)34-59-48-51(62)64-44-33-55(48,52(63)58(4)43(50(61)57-27-28-60)31-35-15-8-5-9-16-35)49(68-59)47-46(44)66-56(67-47,39-19-10-6-11-20-39)40-21-12-7-13-22-40/h5-22,29-30,41-49,60H,23-28,31-34H2,1-4H3,(H,57,61). The molecule has 356 valence electrons. The number of epoxide rings is 1. The van der Waals surface area contributed by atoms with E-state index in [9.17, 15) is 14.7 Å².